The van der Waals surface area contributed by atoms with Crippen molar-refractivity contribution in [2.75, 3.05) is 24.7 Å². The lowest BCUT2D eigenvalue weighted by Crippen LogP contribution is -2.23. The van der Waals surface area contributed by atoms with E-state index in [0.29, 0.717) is 29.8 Å². The van der Waals surface area contributed by atoms with Crippen LogP contribution in [0.4, 0.5) is 11.8 Å². The molecule has 1 unspecified atom stereocenters. The fraction of sp³-hybridized carbons (Fsp3) is 0.275. The van der Waals surface area contributed by atoms with Gasteiger partial charge < -0.3 is 15.6 Å². The maximum atomic E-state index is 14.6. The molecule has 0 spiro atoms. The standard InChI is InChI=1S/C40H44N6O8P2/c1-42-38-37-39(45-40(41)44-38)46(29-43-37)35-22-34(28-53-55(47,49-24-30-14-6-2-7-15-30)50-25-31-16-8-3-9-17-31)36(23-35)54-56(48,51-26-32-18-10-4-11-19-32)52-27-33-20-12-5-13-21-33/h2-21,29,34-36H,22-28H2,1H3,(H3,41,42,44,45)/t34?,35-,36+/m1/s1. The Hall–Kier alpha value is -4.75. The molecule has 7 rings (SSSR count). The molecule has 2 heterocycles. The normalized spacial score (nSPS) is 17.3. The molecule has 292 valence electrons. The lowest BCUT2D eigenvalue weighted by atomic mass is 10.1. The first-order valence-electron chi connectivity index (χ1n) is 18.2. The van der Waals surface area contributed by atoms with Crippen LogP contribution in [-0.4, -0.2) is 39.3 Å². The van der Waals surface area contributed by atoms with Crippen LogP contribution >= 0.6 is 15.6 Å². The second-order valence-corrected chi connectivity index (χ2v) is 16.6. The van der Waals surface area contributed by atoms with Gasteiger partial charge in [-0.2, -0.15) is 9.97 Å². The van der Waals surface area contributed by atoms with Gasteiger partial charge in [0.2, 0.25) is 5.95 Å². The van der Waals surface area contributed by atoms with Crippen molar-refractivity contribution >= 4 is 38.6 Å². The molecule has 0 radical (unpaired) electrons. The van der Waals surface area contributed by atoms with Gasteiger partial charge in [-0.05, 0) is 35.1 Å². The Morgan fingerprint density at radius 3 is 1.59 bits per heavy atom. The largest absolute Gasteiger partial charge is 0.475 e. The van der Waals surface area contributed by atoms with E-state index in [1.807, 2.05) is 126 Å². The highest BCUT2D eigenvalue weighted by Gasteiger charge is 2.44. The zero-order valence-corrected chi connectivity index (χ0v) is 32.6. The van der Waals surface area contributed by atoms with E-state index in [1.54, 1.807) is 13.4 Å². The number of anilines is 2. The second-order valence-electron chi connectivity index (χ2n) is 13.3. The molecule has 3 atom stereocenters. The molecule has 1 aliphatic rings. The molecule has 0 bridgehead atoms. The number of fused-ring (bicyclic) bond motifs is 1. The van der Waals surface area contributed by atoms with Gasteiger partial charge in [0.25, 0.3) is 0 Å². The Labute approximate surface area is 325 Å². The minimum absolute atomic E-state index is 0.00800. The van der Waals surface area contributed by atoms with Crippen LogP contribution in [0.2, 0.25) is 0 Å². The first-order chi connectivity index (χ1) is 27.3. The smallest absolute Gasteiger partial charge is 0.371 e. The Morgan fingerprint density at radius 2 is 1.12 bits per heavy atom. The predicted molar refractivity (Wildman–Crippen MR) is 212 cm³/mol. The number of nitrogen functional groups attached to an aromatic ring is 1. The van der Waals surface area contributed by atoms with Crippen LogP contribution in [-0.2, 0) is 62.7 Å². The molecule has 1 saturated carbocycles. The Morgan fingerprint density at radius 1 is 0.661 bits per heavy atom. The minimum atomic E-state index is -4.25. The van der Waals surface area contributed by atoms with Gasteiger partial charge in [0, 0.05) is 19.0 Å². The number of imidazole rings is 1. The summed E-state index contributed by atoms with van der Waals surface area (Å²) < 4.78 is 67.3. The van der Waals surface area contributed by atoms with E-state index in [9.17, 15) is 9.13 Å². The first kappa shape index (κ1) is 39.5. The molecule has 0 saturated heterocycles. The van der Waals surface area contributed by atoms with E-state index in [2.05, 4.69) is 20.3 Å². The Balaban J connectivity index is 1.17. The summed E-state index contributed by atoms with van der Waals surface area (Å²) in [5.41, 5.74) is 10.3. The van der Waals surface area contributed by atoms with Crippen molar-refractivity contribution in [3.8, 4) is 0 Å². The fourth-order valence-corrected chi connectivity index (χ4v) is 9.05. The average molecular weight is 799 g/mol. The molecule has 0 aliphatic heterocycles. The Kier molecular flexibility index (Phi) is 13.0. The minimum Gasteiger partial charge on any atom is -0.371 e. The number of hydrogen-bond donors (Lipinski definition) is 2. The van der Waals surface area contributed by atoms with Gasteiger partial charge in [-0.1, -0.05) is 121 Å². The fourth-order valence-electron chi connectivity index (χ4n) is 6.44. The molecule has 1 fully saturated rings. The summed E-state index contributed by atoms with van der Waals surface area (Å²) in [7, 11) is -6.69. The summed E-state index contributed by atoms with van der Waals surface area (Å²) in [5, 5.41) is 3.02. The number of phosphoric acid groups is 2. The molecular formula is C40H44N6O8P2. The van der Waals surface area contributed by atoms with Crippen LogP contribution in [0.5, 0.6) is 0 Å². The highest BCUT2D eigenvalue weighted by molar-refractivity contribution is 7.48. The van der Waals surface area contributed by atoms with Gasteiger partial charge in [0.1, 0.15) is 0 Å². The summed E-state index contributed by atoms with van der Waals surface area (Å²) in [6.45, 7) is -0.187. The van der Waals surface area contributed by atoms with Crippen molar-refractivity contribution in [2.45, 2.75) is 51.4 Å². The van der Waals surface area contributed by atoms with Gasteiger partial charge in [0.05, 0.1) is 45.5 Å². The van der Waals surface area contributed by atoms with Crippen molar-refractivity contribution < 1.29 is 36.3 Å². The van der Waals surface area contributed by atoms with Crippen LogP contribution in [0.3, 0.4) is 0 Å². The topological polar surface area (TPSA) is 171 Å². The molecular weight excluding hydrogens is 754 g/mol. The van der Waals surface area contributed by atoms with Crippen molar-refractivity contribution in [3.05, 3.63) is 150 Å². The van der Waals surface area contributed by atoms with Crippen LogP contribution in [0.1, 0.15) is 41.1 Å². The summed E-state index contributed by atoms with van der Waals surface area (Å²) in [6, 6.07) is 37.1. The monoisotopic (exact) mass is 798 g/mol. The number of aromatic nitrogens is 4. The SMILES string of the molecule is CNc1nc(N)nc2c1ncn2[C@@H]1CC(COP(=O)(OCc2ccccc2)OCc2ccccc2)[C@@H](OP(=O)(OCc2ccccc2)OCc2ccccc2)C1. The maximum Gasteiger partial charge on any atom is 0.475 e. The van der Waals surface area contributed by atoms with Crippen LogP contribution in [0.15, 0.2) is 128 Å². The van der Waals surface area contributed by atoms with E-state index in [0.717, 1.165) is 22.3 Å². The highest BCUT2D eigenvalue weighted by atomic mass is 31.2. The van der Waals surface area contributed by atoms with Crippen molar-refractivity contribution in [3.63, 3.8) is 0 Å². The van der Waals surface area contributed by atoms with E-state index in [-0.39, 0.29) is 45.0 Å². The van der Waals surface area contributed by atoms with E-state index in [4.69, 9.17) is 32.9 Å². The summed E-state index contributed by atoms with van der Waals surface area (Å²) in [5.74, 6) is 0.0648. The first-order valence-corrected chi connectivity index (χ1v) is 21.1. The number of benzene rings is 4. The molecule has 16 heteroatoms. The maximum absolute atomic E-state index is 14.6. The third kappa shape index (κ3) is 10.4. The van der Waals surface area contributed by atoms with Crippen molar-refractivity contribution in [2.24, 2.45) is 5.92 Å². The predicted octanol–water partition coefficient (Wildman–Crippen LogP) is 8.89. The number of phosphoric ester groups is 2. The number of rotatable bonds is 19. The molecule has 56 heavy (non-hydrogen) atoms. The third-order valence-electron chi connectivity index (χ3n) is 9.31. The van der Waals surface area contributed by atoms with Crippen LogP contribution < -0.4 is 11.1 Å². The van der Waals surface area contributed by atoms with Gasteiger partial charge in [-0.25, -0.2) is 14.1 Å². The number of nitrogens with two attached hydrogens (primary N) is 1. The second kappa shape index (κ2) is 18.5. The molecule has 4 aromatic carbocycles. The van der Waals surface area contributed by atoms with E-state index in [1.165, 1.54) is 0 Å². The quantitative estimate of drug-likeness (QED) is 0.0745. The van der Waals surface area contributed by atoms with Crippen molar-refractivity contribution in [1.82, 2.24) is 19.5 Å². The molecule has 1 aliphatic carbocycles. The van der Waals surface area contributed by atoms with Crippen LogP contribution in [0.25, 0.3) is 11.2 Å². The molecule has 2 aromatic heterocycles. The van der Waals surface area contributed by atoms with E-state index < -0.39 is 27.7 Å². The van der Waals surface area contributed by atoms with Gasteiger partial charge in [0.15, 0.2) is 17.0 Å². The lowest BCUT2D eigenvalue weighted by molar-refractivity contribution is 0.0330. The number of nitrogens with one attached hydrogen (secondary N) is 1. The summed E-state index contributed by atoms with van der Waals surface area (Å²) in [4.78, 5) is 13.3. The number of nitrogens with zero attached hydrogens (tertiary/aromatic N) is 4. The zero-order chi connectivity index (χ0) is 38.8. The zero-order valence-electron chi connectivity index (χ0n) is 30.8. The lowest BCUT2D eigenvalue weighted by Gasteiger charge is -2.26. The molecule has 3 N–H and O–H groups in total. The van der Waals surface area contributed by atoms with Gasteiger partial charge in [-0.3, -0.25) is 27.1 Å². The molecule has 6 aromatic rings. The molecule has 14 nitrogen and oxygen atoms in total. The van der Waals surface area contributed by atoms with Crippen LogP contribution in [0, 0.1) is 5.92 Å². The van der Waals surface area contributed by atoms with Gasteiger partial charge in [-0.15, -0.1) is 0 Å². The van der Waals surface area contributed by atoms with Crippen molar-refractivity contribution in [1.29, 1.82) is 0 Å². The summed E-state index contributed by atoms with van der Waals surface area (Å²) in [6.07, 6.45) is 1.64. The third-order valence-corrected chi connectivity index (χ3v) is 12.1. The summed E-state index contributed by atoms with van der Waals surface area (Å²) >= 11 is 0. The number of hydrogen-bond acceptors (Lipinski definition) is 13. The van der Waals surface area contributed by atoms with Gasteiger partial charge >= 0.3 is 15.6 Å². The average Bonchev–Trinajstić information content (AvgIpc) is 3.85. The molecule has 0 amide bonds. The Bertz CT molecular complexity index is 2160. The van der Waals surface area contributed by atoms with E-state index >= 15 is 0 Å². The highest BCUT2D eigenvalue weighted by Crippen LogP contribution is 2.57.